The van der Waals surface area contributed by atoms with Crippen molar-refractivity contribution in [2.75, 3.05) is 6.61 Å². The molecule has 0 aliphatic rings. The molecule has 5 heteroatoms. The molecule has 0 aliphatic heterocycles. The van der Waals surface area contributed by atoms with E-state index in [0.29, 0.717) is 35.4 Å². The third-order valence-electron chi connectivity index (χ3n) is 2.46. The molecule has 1 aromatic carbocycles. The summed E-state index contributed by atoms with van der Waals surface area (Å²) in [4.78, 5) is 8.49. The highest BCUT2D eigenvalue weighted by Crippen LogP contribution is 2.21. The molecule has 2 aromatic rings. The number of nitriles is 1. The van der Waals surface area contributed by atoms with E-state index in [1.54, 1.807) is 18.2 Å². The standard InChI is InChI=1S/C14H12ClN3O/c1-2-19-9-14-17-12(7-13(15)18-14)11-5-3-4-10(6-11)8-16/h3-7H,2,9H2,1H3. The van der Waals surface area contributed by atoms with Gasteiger partial charge in [0.15, 0.2) is 5.82 Å². The normalized spacial score (nSPS) is 10.2. The lowest BCUT2D eigenvalue weighted by Crippen LogP contribution is -2.00. The van der Waals surface area contributed by atoms with Gasteiger partial charge in [0.2, 0.25) is 0 Å². The largest absolute Gasteiger partial charge is 0.374 e. The molecule has 0 fully saturated rings. The van der Waals surface area contributed by atoms with Crippen LogP contribution in [0.15, 0.2) is 30.3 Å². The predicted octanol–water partition coefficient (Wildman–Crippen LogP) is 3.21. The van der Waals surface area contributed by atoms with Crippen molar-refractivity contribution in [3.63, 3.8) is 0 Å². The van der Waals surface area contributed by atoms with Gasteiger partial charge in [0.25, 0.3) is 0 Å². The first-order valence-corrected chi connectivity index (χ1v) is 6.22. The lowest BCUT2D eigenvalue weighted by Gasteiger charge is -2.05. The molecular weight excluding hydrogens is 262 g/mol. The van der Waals surface area contributed by atoms with E-state index in [9.17, 15) is 0 Å². The number of aromatic nitrogens is 2. The minimum atomic E-state index is 0.321. The van der Waals surface area contributed by atoms with Crippen molar-refractivity contribution in [1.82, 2.24) is 9.97 Å². The average molecular weight is 274 g/mol. The summed E-state index contributed by atoms with van der Waals surface area (Å²) in [7, 11) is 0. The van der Waals surface area contributed by atoms with Crippen LogP contribution in [0.2, 0.25) is 5.15 Å². The van der Waals surface area contributed by atoms with Gasteiger partial charge in [-0.3, -0.25) is 0 Å². The third-order valence-corrected chi connectivity index (χ3v) is 2.66. The molecule has 1 heterocycles. The summed E-state index contributed by atoms with van der Waals surface area (Å²) in [6, 6.07) is 11.0. The summed E-state index contributed by atoms with van der Waals surface area (Å²) >= 11 is 5.98. The number of hydrogen-bond donors (Lipinski definition) is 0. The van der Waals surface area contributed by atoms with Crippen LogP contribution in [0.1, 0.15) is 18.3 Å². The zero-order chi connectivity index (χ0) is 13.7. The molecule has 0 amide bonds. The molecule has 0 bridgehead atoms. The molecule has 0 spiro atoms. The molecule has 0 atom stereocenters. The highest BCUT2D eigenvalue weighted by atomic mass is 35.5. The van der Waals surface area contributed by atoms with E-state index in [1.807, 2.05) is 19.1 Å². The van der Waals surface area contributed by atoms with Crippen molar-refractivity contribution in [1.29, 1.82) is 5.26 Å². The lowest BCUT2D eigenvalue weighted by molar-refractivity contribution is 0.128. The van der Waals surface area contributed by atoms with E-state index in [1.165, 1.54) is 0 Å². The fourth-order valence-electron chi connectivity index (χ4n) is 1.62. The van der Waals surface area contributed by atoms with Crippen LogP contribution >= 0.6 is 11.6 Å². The minimum absolute atomic E-state index is 0.321. The van der Waals surface area contributed by atoms with Gasteiger partial charge in [0, 0.05) is 18.2 Å². The predicted molar refractivity (Wildman–Crippen MR) is 72.5 cm³/mol. The zero-order valence-corrected chi connectivity index (χ0v) is 11.2. The van der Waals surface area contributed by atoms with Gasteiger partial charge >= 0.3 is 0 Å². The number of nitrogens with zero attached hydrogens (tertiary/aromatic N) is 3. The van der Waals surface area contributed by atoms with E-state index in [-0.39, 0.29) is 0 Å². The van der Waals surface area contributed by atoms with Gasteiger partial charge in [-0.05, 0) is 19.1 Å². The Labute approximate surface area is 116 Å². The van der Waals surface area contributed by atoms with Gasteiger partial charge in [-0.1, -0.05) is 23.7 Å². The molecule has 0 radical (unpaired) electrons. The van der Waals surface area contributed by atoms with Crippen LogP contribution in [0.5, 0.6) is 0 Å². The summed E-state index contributed by atoms with van der Waals surface area (Å²) in [6.45, 7) is 2.82. The molecule has 4 nitrogen and oxygen atoms in total. The topological polar surface area (TPSA) is 58.8 Å². The van der Waals surface area contributed by atoms with Crippen molar-refractivity contribution in [2.24, 2.45) is 0 Å². The second-order valence-electron chi connectivity index (χ2n) is 3.82. The Hall–Kier alpha value is -1.96. The first-order valence-electron chi connectivity index (χ1n) is 5.84. The number of ether oxygens (including phenoxy) is 1. The number of halogens is 1. The van der Waals surface area contributed by atoms with Gasteiger partial charge in [-0.2, -0.15) is 5.26 Å². The molecule has 19 heavy (non-hydrogen) atoms. The molecule has 2 rings (SSSR count). The smallest absolute Gasteiger partial charge is 0.156 e. The van der Waals surface area contributed by atoms with Crippen LogP contribution in [0.4, 0.5) is 0 Å². The van der Waals surface area contributed by atoms with Gasteiger partial charge in [-0.15, -0.1) is 0 Å². The van der Waals surface area contributed by atoms with Crippen LogP contribution in [0.25, 0.3) is 11.3 Å². The maximum atomic E-state index is 8.91. The van der Waals surface area contributed by atoms with E-state index in [0.717, 1.165) is 5.56 Å². The fourth-order valence-corrected chi connectivity index (χ4v) is 1.82. The monoisotopic (exact) mass is 273 g/mol. The Morgan fingerprint density at radius 2 is 2.16 bits per heavy atom. The fraction of sp³-hybridized carbons (Fsp3) is 0.214. The van der Waals surface area contributed by atoms with Gasteiger partial charge < -0.3 is 4.74 Å². The third kappa shape index (κ3) is 3.50. The zero-order valence-electron chi connectivity index (χ0n) is 10.4. The second kappa shape index (κ2) is 6.28. The van der Waals surface area contributed by atoms with E-state index < -0.39 is 0 Å². The van der Waals surface area contributed by atoms with Crippen LogP contribution in [-0.4, -0.2) is 16.6 Å². The van der Waals surface area contributed by atoms with Crippen molar-refractivity contribution >= 4 is 11.6 Å². The summed E-state index contributed by atoms with van der Waals surface area (Å²) in [5.74, 6) is 0.534. The van der Waals surface area contributed by atoms with E-state index >= 15 is 0 Å². The quantitative estimate of drug-likeness (QED) is 0.803. The van der Waals surface area contributed by atoms with Crippen LogP contribution in [0, 0.1) is 11.3 Å². The molecule has 0 saturated heterocycles. The van der Waals surface area contributed by atoms with Gasteiger partial charge in [-0.25, -0.2) is 9.97 Å². The molecule has 1 aromatic heterocycles. The Morgan fingerprint density at radius 3 is 2.89 bits per heavy atom. The molecule has 0 saturated carbocycles. The van der Waals surface area contributed by atoms with Gasteiger partial charge in [0.1, 0.15) is 11.8 Å². The van der Waals surface area contributed by atoms with Crippen molar-refractivity contribution in [3.05, 3.63) is 46.9 Å². The Bertz CT molecular complexity index is 622. The van der Waals surface area contributed by atoms with Crippen LogP contribution < -0.4 is 0 Å². The first kappa shape index (κ1) is 13.5. The Kier molecular flexibility index (Phi) is 4.45. The maximum absolute atomic E-state index is 8.91. The molecule has 96 valence electrons. The van der Waals surface area contributed by atoms with E-state index in [2.05, 4.69) is 16.0 Å². The van der Waals surface area contributed by atoms with Crippen LogP contribution in [-0.2, 0) is 11.3 Å². The number of hydrogen-bond acceptors (Lipinski definition) is 4. The SMILES string of the molecule is CCOCc1nc(Cl)cc(-c2cccc(C#N)c2)n1. The Balaban J connectivity index is 2.38. The van der Waals surface area contributed by atoms with Gasteiger partial charge in [0.05, 0.1) is 17.3 Å². The van der Waals surface area contributed by atoms with Crippen molar-refractivity contribution < 1.29 is 4.74 Å². The summed E-state index contributed by atoms with van der Waals surface area (Å²) in [5, 5.41) is 9.27. The van der Waals surface area contributed by atoms with E-state index in [4.69, 9.17) is 21.6 Å². The Morgan fingerprint density at radius 1 is 1.32 bits per heavy atom. The van der Waals surface area contributed by atoms with Crippen LogP contribution in [0.3, 0.4) is 0 Å². The molecular formula is C14H12ClN3O. The number of rotatable bonds is 4. The highest BCUT2D eigenvalue weighted by Gasteiger charge is 2.06. The van der Waals surface area contributed by atoms with Crippen molar-refractivity contribution in [3.8, 4) is 17.3 Å². The van der Waals surface area contributed by atoms with Crippen molar-refractivity contribution in [2.45, 2.75) is 13.5 Å². The first-order chi connectivity index (χ1) is 9.22. The lowest BCUT2D eigenvalue weighted by atomic mass is 10.1. The maximum Gasteiger partial charge on any atom is 0.156 e. The average Bonchev–Trinajstić information content (AvgIpc) is 2.44. The summed E-state index contributed by atoms with van der Waals surface area (Å²) in [6.07, 6.45) is 0. The minimum Gasteiger partial charge on any atom is -0.374 e. The molecule has 0 unspecified atom stereocenters. The summed E-state index contributed by atoms with van der Waals surface area (Å²) < 4.78 is 5.27. The number of benzene rings is 1. The molecule has 0 aliphatic carbocycles. The second-order valence-corrected chi connectivity index (χ2v) is 4.21. The summed E-state index contributed by atoms with van der Waals surface area (Å²) in [5.41, 5.74) is 2.10. The molecule has 0 N–H and O–H groups in total. The highest BCUT2D eigenvalue weighted by molar-refractivity contribution is 6.29.